The summed E-state index contributed by atoms with van der Waals surface area (Å²) < 4.78 is 2.98. The predicted octanol–water partition coefficient (Wildman–Crippen LogP) is 5.00. The summed E-state index contributed by atoms with van der Waals surface area (Å²) in [4.78, 5) is 15.3. The average molecular weight is 410 g/mol. The minimum atomic E-state index is -1.60. The van der Waals surface area contributed by atoms with Crippen molar-refractivity contribution < 1.29 is 0 Å². The van der Waals surface area contributed by atoms with Crippen molar-refractivity contribution in [3.63, 3.8) is 0 Å². The molecule has 0 aromatic heterocycles. The average Bonchev–Trinajstić information content (AvgIpc) is 1.78. The van der Waals surface area contributed by atoms with E-state index in [-0.39, 0.29) is 0 Å². The molecule has 0 nitrogen and oxygen atoms in total. The normalized spacial score (nSPS) is 12.9. The first-order chi connectivity index (χ1) is 6.01. The van der Waals surface area contributed by atoms with Gasteiger partial charge in [0.15, 0.2) is 0 Å². The molecule has 0 unspecified atom stereocenters. The Kier molecular flexibility index (Phi) is 6.14. The van der Waals surface area contributed by atoms with Crippen LogP contribution in [0, 0.1) is 0 Å². The summed E-state index contributed by atoms with van der Waals surface area (Å²) in [5.41, 5.74) is 3.44. The molecule has 0 spiro atoms. The minimum absolute atomic E-state index is 1.49. The van der Waals surface area contributed by atoms with Crippen LogP contribution >= 0.6 is 0 Å². The van der Waals surface area contributed by atoms with E-state index in [9.17, 15) is 0 Å². The first-order valence-corrected chi connectivity index (χ1v) is 26.8. The van der Waals surface area contributed by atoms with Crippen LogP contribution in [0.5, 0.6) is 0 Å². The van der Waals surface area contributed by atoms with Gasteiger partial charge in [-0.25, -0.2) is 0 Å². The van der Waals surface area contributed by atoms with Crippen molar-refractivity contribution in [3.05, 3.63) is 11.1 Å². The van der Waals surface area contributed by atoms with E-state index in [1.165, 1.54) is 8.87 Å². The van der Waals surface area contributed by atoms with Crippen LogP contribution in [0.1, 0.15) is 13.8 Å². The van der Waals surface area contributed by atoms with Gasteiger partial charge in [-0.2, -0.15) is 0 Å². The molecule has 0 rings (SSSR count). The second-order valence-electron chi connectivity index (χ2n) is 7.08. The molecule has 0 saturated carbocycles. The third-order valence-corrected chi connectivity index (χ3v) is 10.7. The summed E-state index contributed by atoms with van der Waals surface area (Å²) in [6.07, 6.45) is 0. The molecule has 0 aliphatic carbocycles. The third-order valence-electron chi connectivity index (χ3n) is 2.19. The van der Waals surface area contributed by atoms with E-state index in [0.717, 1.165) is 0 Å². The van der Waals surface area contributed by atoms with E-state index in [4.69, 9.17) is 0 Å². The molecule has 0 N–H and O–H groups in total. The summed E-state index contributed by atoms with van der Waals surface area (Å²) in [5, 5.41) is 0. The summed E-state index contributed by atoms with van der Waals surface area (Å²) >= 11 is -3.20. The van der Waals surface area contributed by atoms with Crippen LogP contribution in [0.15, 0.2) is 11.1 Å². The van der Waals surface area contributed by atoms with Crippen molar-refractivity contribution in [1.29, 1.82) is 0 Å². The number of rotatable bonds is 4. The van der Waals surface area contributed by atoms with Crippen molar-refractivity contribution >= 4 is 36.8 Å². The fourth-order valence-electron chi connectivity index (χ4n) is 1.70. The van der Waals surface area contributed by atoms with Crippen molar-refractivity contribution in [2.24, 2.45) is 0 Å². The Bertz CT molecular complexity index is 191. The van der Waals surface area contributed by atoms with Gasteiger partial charge in [0.1, 0.15) is 0 Å². The Balaban J connectivity index is 4.59. The first kappa shape index (κ1) is 15.3. The Morgan fingerprint density at radius 1 is 0.714 bits per heavy atom. The van der Waals surface area contributed by atoms with Gasteiger partial charge < -0.3 is 0 Å². The van der Waals surface area contributed by atoms with Gasteiger partial charge in [-0.3, -0.25) is 0 Å². The fraction of sp³-hybridized carbons (Fsp3) is 0.833. The van der Waals surface area contributed by atoms with E-state index >= 15 is 0 Å². The molecule has 0 fully saturated rings. The van der Waals surface area contributed by atoms with Gasteiger partial charge in [0.2, 0.25) is 0 Å². The Labute approximate surface area is 99.3 Å². The molecule has 0 saturated heterocycles. The molecule has 14 heavy (non-hydrogen) atoms. The van der Waals surface area contributed by atoms with Crippen LogP contribution in [0.2, 0.25) is 38.5 Å². The summed E-state index contributed by atoms with van der Waals surface area (Å²) in [5.74, 6) is 0. The van der Waals surface area contributed by atoms with Crippen molar-refractivity contribution in [2.45, 2.75) is 52.4 Å². The molecular weight excluding hydrogens is 382 g/mol. The molecule has 2 heteroatoms. The van der Waals surface area contributed by atoms with Crippen LogP contribution < -0.4 is 0 Å². The summed E-state index contributed by atoms with van der Waals surface area (Å²) in [6.45, 7) is 4.62. The van der Waals surface area contributed by atoms with Gasteiger partial charge in [-0.05, 0) is 0 Å². The van der Waals surface area contributed by atoms with Gasteiger partial charge >= 0.3 is 100 Å². The topological polar surface area (TPSA) is 0 Å². The van der Waals surface area contributed by atoms with Crippen LogP contribution in [-0.4, -0.2) is 36.8 Å². The number of allylic oxidation sites excluding steroid dienone is 2. The Hall–Kier alpha value is 1.34. The molecule has 0 radical (unpaired) electrons. The SMILES string of the molecule is CC(C)=C([CH2][Sn]([CH3])([CH3])[CH3])[CH2][Sn]([CH3])([CH3])[CH3]. The summed E-state index contributed by atoms with van der Waals surface area (Å²) in [7, 11) is 0. The standard InChI is InChI=1S/C6H10.6CH3.2Sn/c1-5(2)6(3)4;;;;;;;;/h1-2H2,3-4H3;6*1H3;;. The zero-order valence-corrected chi connectivity index (χ0v) is 17.1. The van der Waals surface area contributed by atoms with Gasteiger partial charge in [-0.15, -0.1) is 0 Å². The molecule has 0 aliphatic heterocycles. The van der Waals surface area contributed by atoms with Crippen LogP contribution in [0.25, 0.3) is 0 Å². The molecule has 0 bridgehead atoms. The maximum atomic E-state index is 2.55. The molecule has 0 aromatic carbocycles. The van der Waals surface area contributed by atoms with Gasteiger partial charge in [0, 0.05) is 0 Å². The van der Waals surface area contributed by atoms with Gasteiger partial charge in [0.05, 0.1) is 0 Å². The Morgan fingerprint density at radius 3 is 1.14 bits per heavy atom. The van der Waals surface area contributed by atoms with E-state index in [1.807, 2.05) is 5.57 Å². The van der Waals surface area contributed by atoms with Crippen molar-refractivity contribution in [1.82, 2.24) is 0 Å². The molecule has 0 aromatic rings. The fourth-order valence-corrected chi connectivity index (χ4v) is 13.8. The zero-order valence-electron chi connectivity index (χ0n) is 11.4. The van der Waals surface area contributed by atoms with Gasteiger partial charge in [0.25, 0.3) is 0 Å². The van der Waals surface area contributed by atoms with Crippen molar-refractivity contribution in [2.75, 3.05) is 0 Å². The molecule has 0 heterocycles. The van der Waals surface area contributed by atoms with Crippen LogP contribution in [-0.2, 0) is 0 Å². The predicted molar refractivity (Wildman–Crippen MR) is 74.7 cm³/mol. The third kappa shape index (κ3) is 8.63. The molecular formula is C12H28Sn2. The van der Waals surface area contributed by atoms with Crippen LogP contribution in [0.3, 0.4) is 0 Å². The second kappa shape index (κ2) is 5.60. The molecule has 0 atom stereocenters. The molecule has 0 amide bonds. The quantitative estimate of drug-likeness (QED) is 0.453. The van der Waals surface area contributed by atoms with E-state index in [2.05, 4.69) is 43.5 Å². The maximum absolute atomic E-state index is 2.55. The monoisotopic (exact) mass is 412 g/mol. The van der Waals surface area contributed by atoms with E-state index < -0.39 is 36.8 Å². The molecule has 84 valence electrons. The first-order valence-electron chi connectivity index (χ1n) is 5.66. The molecule has 0 aliphatic rings. The summed E-state index contributed by atoms with van der Waals surface area (Å²) in [6, 6.07) is 0. The van der Waals surface area contributed by atoms with Gasteiger partial charge in [-0.1, -0.05) is 0 Å². The number of hydrogen-bond donors (Lipinski definition) is 0. The zero-order chi connectivity index (χ0) is 11.6. The Morgan fingerprint density at radius 2 is 1.00 bits per heavy atom. The van der Waals surface area contributed by atoms with E-state index in [1.54, 1.807) is 5.57 Å². The second-order valence-corrected chi connectivity index (χ2v) is 38.3. The number of hydrogen-bond acceptors (Lipinski definition) is 0. The van der Waals surface area contributed by atoms with E-state index in [0.29, 0.717) is 0 Å². The van der Waals surface area contributed by atoms with Crippen LogP contribution in [0.4, 0.5) is 0 Å². The van der Waals surface area contributed by atoms with Crippen molar-refractivity contribution in [3.8, 4) is 0 Å².